The van der Waals surface area contributed by atoms with Gasteiger partial charge < -0.3 is 57.0 Å². The number of hydrogen-bond acceptors (Lipinski definition) is 12. The average molecular weight is 1240 g/mol. The molecule has 0 saturated heterocycles. The molecule has 16 heteroatoms. The minimum atomic E-state index is -1.03. The minimum Gasteiger partial charge on any atom is -0.494 e. The van der Waals surface area contributed by atoms with Crippen LogP contribution in [0.1, 0.15) is 96.9 Å². The molecule has 472 valence electrons. The van der Waals surface area contributed by atoms with Gasteiger partial charge in [-0.15, -0.1) is 0 Å². The lowest BCUT2D eigenvalue weighted by molar-refractivity contribution is -0.131. The van der Waals surface area contributed by atoms with Gasteiger partial charge in [0.15, 0.2) is 0 Å². The Hall–Kier alpha value is -11.0. The minimum absolute atomic E-state index is 0.0587. The highest BCUT2D eigenvalue weighted by molar-refractivity contribution is 6.19. The van der Waals surface area contributed by atoms with Crippen molar-refractivity contribution in [3.05, 3.63) is 194 Å². The van der Waals surface area contributed by atoms with Gasteiger partial charge in [-0.05, 0) is 190 Å². The molecule has 8 aromatic carbocycles. The third kappa shape index (κ3) is 15.2. The van der Waals surface area contributed by atoms with Crippen LogP contribution < -0.4 is 18.9 Å². The Kier molecular flexibility index (Phi) is 19.8. The van der Waals surface area contributed by atoms with Crippen LogP contribution in [0.3, 0.4) is 0 Å². The maximum Gasteiger partial charge on any atom is 0.335 e. The zero-order valence-corrected chi connectivity index (χ0v) is 52.6. The second-order valence-electron chi connectivity index (χ2n) is 23.5. The molecule has 0 radical (unpaired) electrons. The van der Waals surface area contributed by atoms with E-state index < -0.39 is 23.9 Å². The number of carbonyl (C=O) groups is 4. The van der Waals surface area contributed by atoms with E-state index in [0.717, 1.165) is 108 Å². The van der Waals surface area contributed by atoms with E-state index in [0.29, 0.717) is 63.7 Å². The summed E-state index contributed by atoms with van der Waals surface area (Å²) in [6.07, 6.45) is 3.14. The third-order valence-corrected chi connectivity index (χ3v) is 14.9. The maximum absolute atomic E-state index is 11.1. The third-order valence-electron chi connectivity index (χ3n) is 14.9. The summed E-state index contributed by atoms with van der Waals surface area (Å²) in [5, 5.41) is 43.4. The molecular weight excluding hydrogens is 1170 g/mol. The van der Waals surface area contributed by atoms with Crippen molar-refractivity contribution in [1.29, 1.82) is 0 Å². The Bertz CT molecular complexity index is 4840. The number of unbranched alkanes of at least 4 members (excludes halogenated alkanes) is 1. The van der Waals surface area contributed by atoms with Gasteiger partial charge in [0.2, 0.25) is 0 Å². The van der Waals surface area contributed by atoms with Gasteiger partial charge in [0.25, 0.3) is 0 Å². The number of hydrogen-bond donors (Lipinski definition) is 4. The molecule has 0 bridgehead atoms. The van der Waals surface area contributed by atoms with Crippen molar-refractivity contribution in [1.82, 2.24) is 0 Å². The molecule has 4 aromatic heterocycles. The van der Waals surface area contributed by atoms with Crippen LogP contribution in [0.5, 0.6) is 23.0 Å². The molecule has 92 heavy (non-hydrogen) atoms. The second kappa shape index (κ2) is 27.8. The van der Waals surface area contributed by atoms with Crippen molar-refractivity contribution in [2.24, 2.45) is 5.92 Å². The molecule has 16 nitrogen and oxygen atoms in total. The molecule has 1 unspecified atom stereocenters. The van der Waals surface area contributed by atoms with Gasteiger partial charge in [-0.3, -0.25) is 0 Å². The summed E-state index contributed by atoms with van der Waals surface area (Å²) in [5.74, 6) is -0.595. The number of ether oxygens (including phenoxy) is 4. The first kappa shape index (κ1) is 65.4. The van der Waals surface area contributed by atoms with Crippen molar-refractivity contribution < 1.29 is 76.2 Å². The lowest BCUT2D eigenvalue weighted by Crippen LogP contribution is -2.22. The van der Waals surface area contributed by atoms with Gasteiger partial charge in [0.1, 0.15) is 73.3 Å². The molecule has 12 rings (SSSR count). The summed E-state index contributed by atoms with van der Waals surface area (Å²) < 4.78 is 46.4. The molecule has 0 amide bonds. The van der Waals surface area contributed by atoms with Crippen molar-refractivity contribution in [2.75, 3.05) is 13.2 Å². The number of furan rings is 4. The van der Waals surface area contributed by atoms with Crippen molar-refractivity contribution in [2.45, 2.75) is 86.4 Å². The van der Waals surface area contributed by atoms with Gasteiger partial charge in [-0.25, -0.2) is 19.2 Å². The number of aliphatic carboxylic acids is 4. The fourth-order valence-electron chi connectivity index (χ4n) is 9.85. The largest absolute Gasteiger partial charge is 0.494 e. The molecular formula is C76H72O16. The summed E-state index contributed by atoms with van der Waals surface area (Å²) in [5.41, 5.74) is 8.05. The number of rotatable bonds is 19. The molecule has 4 N–H and O–H groups in total. The molecule has 12 aromatic rings. The van der Waals surface area contributed by atoms with E-state index in [-0.39, 0.29) is 34.0 Å². The summed E-state index contributed by atoms with van der Waals surface area (Å²) in [4.78, 5) is 44.4. The smallest absolute Gasteiger partial charge is 0.335 e. The quantitative estimate of drug-likeness (QED) is 0.0435. The van der Waals surface area contributed by atoms with Crippen LogP contribution in [0.15, 0.2) is 190 Å². The first-order valence-electron chi connectivity index (χ1n) is 30.0. The van der Waals surface area contributed by atoms with Crippen LogP contribution >= 0.6 is 0 Å². The summed E-state index contributed by atoms with van der Waals surface area (Å²) in [6.45, 7) is 32.1. The second-order valence-corrected chi connectivity index (χ2v) is 23.5. The lowest BCUT2D eigenvalue weighted by atomic mass is 10.0. The fourth-order valence-corrected chi connectivity index (χ4v) is 9.85. The molecule has 0 aliphatic rings. The predicted octanol–water partition coefficient (Wildman–Crippen LogP) is 19.3. The Morgan fingerprint density at radius 1 is 0.413 bits per heavy atom. The van der Waals surface area contributed by atoms with E-state index in [1.54, 1.807) is 72.8 Å². The number of fused-ring (bicyclic) bond motifs is 12. The summed E-state index contributed by atoms with van der Waals surface area (Å²) in [6, 6.07) is 43.8. The average Bonchev–Trinajstić information content (AvgIpc) is 1.65. The van der Waals surface area contributed by atoms with Crippen LogP contribution in [-0.4, -0.2) is 69.2 Å². The van der Waals surface area contributed by atoms with Crippen LogP contribution in [0, 0.1) is 5.92 Å². The van der Waals surface area contributed by atoms with E-state index in [1.165, 1.54) is 0 Å². The van der Waals surface area contributed by atoms with Gasteiger partial charge in [0.05, 0.1) is 41.6 Å². The number of benzene rings is 8. The van der Waals surface area contributed by atoms with Gasteiger partial charge in [0, 0.05) is 43.1 Å². The van der Waals surface area contributed by atoms with Gasteiger partial charge in [-0.1, -0.05) is 84.7 Å². The van der Waals surface area contributed by atoms with Crippen molar-refractivity contribution >= 4 is 134 Å². The maximum atomic E-state index is 11.1. The zero-order valence-electron chi connectivity index (χ0n) is 52.6. The van der Waals surface area contributed by atoms with Crippen LogP contribution in [0.2, 0.25) is 0 Å². The molecule has 4 heterocycles. The van der Waals surface area contributed by atoms with Crippen LogP contribution in [0.4, 0.5) is 0 Å². The van der Waals surface area contributed by atoms with Crippen LogP contribution in [-0.2, 0) is 19.2 Å². The SMILES string of the molecule is C=C(C(=O)O)c1ccc2oc3ccc(OC(C)(C)C)cc3c2c1.C=C(C(=O)O)c1ccc2oc3ccc(OC(C)CC)cc3c2c1.C=C(C(=O)O)c1ccc2oc3ccc(OCC(C)C)cc3c2c1.C=C(C(=O)O)c1ccc2oc3ccc(OCCCC)cc3c2c1. The predicted molar refractivity (Wildman–Crippen MR) is 363 cm³/mol. The van der Waals surface area contributed by atoms with E-state index in [9.17, 15) is 19.2 Å². The van der Waals surface area contributed by atoms with E-state index in [2.05, 4.69) is 54.0 Å². The Morgan fingerprint density at radius 3 is 1.00 bits per heavy atom. The topological polar surface area (TPSA) is 239 Å². The van der Waals surface area contributed by atoms with E-state index in [1.807, 2.05) is 100 Å². The van der Waals surface area contributed by atoms with Crippen molar-refractivity contribution in [3.8, 4) is 23.0 Å². The number of carboxylic acids is 4. The first-order chi connectivity index (χ1) is 43.8. The highest BCUT2D eigenvalue weighted by Gasteiger charge is 2.19. The standard InChI is InChI=1S/4C19H18O4/c1-11(18(20)21)12-5-7-16-14(9-12)15-10-13(23-19(2,3)4)6-8-17(15)22-16;1-11(2)10-22-14-5-7-18-16(9-14)15-8-13(12(3)19(20)21)4-6-17(15)23-18;1-4-11(2)22-14-6-8-18-16(10-14)15-9-13(12(3)19(20)21)5-7-17(15)23-18;1-3-4-9-22-14-6-8-18-16(11-14)15-10-13(12(2)19(20)21)5-7-17(15)23-18/h5-10H,1H2,2-4H3,(H,20,21);4-9,11H,3,10H2,1-2H3,(H,20,21);5-11H,3-4H2,1-2H3,(H,20,21);5-8,10-11H,2-4,9H2,1H3,(H,20,21). The Labute approximate surface area is 530 Å². The molecule has 0 aliphatic carbocycles. The molecule has 0 fully saturated rings. The van der Waals surface area contributed by atoms with Crippen molar-refractivity contribution in [3.63, 3.8) is 0 Å². The normalized spacial score (nSPS) is 11.6. The molecule has 0 spiro atoms. The van der Waals surface area contributed by atoms with Crippen LogP contribution in [0.25, 0.3) is 110 Å². The van der Waals surface area contributed by atoms with Gasteiger partial charge >= 0.3 is 23.9 Å². The van der Waals surface area contributed by atoms with E-state index in [4.69, 9.17) is 57.0 Å². The first-order valence-corrected chi connectivity index (χ1v) is 30.0. The highest BCUT2D eigenvalue weighted by atomic mass is 16.5. The fraction of sp³-hybridized carbons (Fsp3) is 0.211. The van der Waals surface area contributed by atoms with E-state index >= 15 is 0 Å². The summed E-state index contributed by atoms with van der Waals surface area (Å²) in [7, 11) is 0. The Balaban J connectivity index is 0.000000145. The zero-order chi connectivity index (χ0) is 66.3. The Morgan fingerprint density at radius 2 is 0.696 bits per heavy atom. The molecule has 0 saturated carbocycles. The number of carboxylic acid groups (broad SMARTS) is 4. The van der Waals surface area contributed by atoms with Gasteiger partial charge in [-0.2, -0.15) is 0 Å². The lowest BCUT2D eigenvalue weighted by Gasteiger charge is -2.21. The molecule has 1 atom stereocenters. The monoisotopic (exact) mass is 1240 g/mol. The highest BCUT2D eigenvalue weighted by Crippen LogP contribution is 2.38. The molecule has 0 aliphatic heterocycles. The summed E-state index contributed by atoms with van der Waals surface area (Å²) >= 11 is 0.